The van der Waals surface area contributed by atoms with Crippen molar-refractivity contribution in [2.45, 2.75) is 0 Å². The van der Waals surface area contributed by atoms with Crippen molar-refractivity contribution in [3.05, 3.63) is 0 Å². The van der Waals surface area contributed by atoms with Crippen molar-refractivity contribution >= 4 is 0 Å². The minimum absolute atomic E-state index is 0.302. The fourth-order valence-corrected chi connectivity index (χ4v) is 0.274. The third-order valence-electron chi connectivity index (χ3n) is 0.858. The van der Waals surface area contributed by atoms with Gasteiger partial charge in [0.2, 0.25) is 0 Å². The van der Waals surface area contributed by atoms with Gasteiger partial charge in [0, 0.05) is 14.1 Å². The summed E-state index contributed by atoms with van der Waals surface area (Å²) in [4.78, 5) is 4.95. The zero-order chi connectivity index (χ0) is 6.62. The minimum Gasteiger partial charge on any atom is -0.149 e. The lowest BCUT2D eigenvalue weighted by atomic mass is 11.1. The molecule has 0 aliphatic rings. The summed E-state index contributed by atoms with van der Waals surface area (Å²) in [5, 5.41) is 0. The van der Waals surface area contributed by atoms with Crippen molar-refractivity contribution in [2.24, 2.45) is 0 Å². The zero-order valence-electron chi connectivity index (χ0n) is 5.86. The monoisotopic (exact) mass is 120 g/mol. The van der Waals surface area contributed by atoms with Gasteiger partial charge in [0.05, 0.1) is 0 Å². The van der Waals surface area contributed by atoms with Crippen molar-refractivity contribution in [1.82, 2.24) is 10.9 Å². The first-order chi connectivity index (χ1) is 3.62. The van der Waals surface area contributed by atoms with Crippen LogP contribution in [0.1, 0.15) is 0 Å². The smallest absolute Gasteiger partial charge is 0.120 e. The molecule has 0 unspecified atom stereocenters. The molecule has 0 aliphatic heterocycles. The molecule has 0 aliphatic carbocycles. The molecule has 0 fully saturated rings. The highest BCUT2D eigenvalue weighted by Gasteiger charge is 2.11. The normalized spacial score (nSPS) is 12.0. The Morgan fingerprint density at radius 1 is 1.25 bits per heavy atom. The Labute approximate surface area is 49.9 Å². The fraction of sp³-hybridized carbons (Fsp3) is 1.00. The lowest BCUT2D eigenvalue weighted by Gasteiger charge is -2.22. The van der Waals surface area contributed by atoms with E-state index in [9.17, 15) is 0 Å². The lowest BCUT2D eigenvalue weighted by Crippen LogP contribution is -2.51. The van der Waals surface area contributed by atoms with Crippen molar-refractivity contribution in [2.75, 3.05) is 28.2 Å². The summed E-state index contributed by atoms with van der Waals surface area (Å²) in [6, 6.07) is 0. The highest BCUT2D eigenvalue weighted by molar-refractivity contribution is 3.89. The second-order valence-electron chi connectivity index (χ2n) is 1.87. The summed E-state index contributed by atoms with van der Waals surface area (Å²) in [5.41, 5.74) is 5.46. The Bertz CT molecular complexity index is 64.3. The Balaban J connectivity index is 3.37. The standard InChI is InChI=1S/C4H14N3O/c1-5-7(3,4)8-6-2/h5-6H,1-4H3/q+1. The van der Waals surface area contributed by atoms with Crippen LogP contribution in [0.4, 0.5) is 0 Å². The molecule has 8 heavy (non-hydrogen) atoms. The summed E-state index contributed by atoms with van der Waals surface area (Å²) < 4.78 is 0.302. The van der Waals surface area contributed by atoms with Gasteiger partial charge in [0.1, 0.15) is 14.1 Å². The van der Waals surface area contributed by atoms with Crippen LogP contribution in [0.2, 0.25) is 0 Å². The lowest BCUT2D eigenvalue weighted by molar-refractivity contribution is -1.12. The molecular formula is C4H14N3O+. The van der Waals surface area contributed by atoms with Crippen LogP contribution in [0, 0.1) is 0 Å². The van der Waals surface area contributed by atoms with Gasteiger partial charge in [-0.3, -0.25) is 0 Å². The predicted molar refractivity (Wildman–Crippen MR) is 31.3 cm³/mol. The number of quaternary nitrogens is 1. The zero-order valence-corrected chi connectivity index (χ0v) is 5.86. The molecule has 0 heterocycles. The van der Waals surface area contributed by atoms with Gasteiger partial charge in [-0.1, -0.05) is 9.69 Å². The first-order valence-corrected chi connectivity index (χ1v) is 2.50. The molecule has 0 bridgehead atoms. The fourth-order valence-electron chi connectivity index (χ4n) is 0.274. The molecular weight excluding hydrogens is 106 g/mol. The van der Waals surface area contributed by atoms with E-state index in [0.29, 0.717) is 4.76 Å². The van der Waals surface area contributed by atoms with Crippen molar-refractivity contribution < 1.29 is 9.69 Å². The molecule has 4 heteroatoms. The average molecular weight is 120 g/mol. The molecule has 0 radical (unpaired) electrons. The quantitative estimate of drug-likeness (QED) is 0.380. The second-order valence-corrected chi connectivity index (χ2v) is 1.87. The highest BCUT2D eigenvalue weighted by atomic mass is 16.9. The average Bonchev–Trinajstić information content (AvgIpc) is 1.67. The third kappa shape index (κ3) is 2.92. The van der Waals surface area contributed by atoms with Crippen LogP contribution >= 0.6 is 0 Å². The molecule has 50 valence electrons. The molecule has 0 atom stereocenters. The molecule has 0 aromatic heterocycles. The SMILES string of the molecule is CNO[N+](C)(C)NC. The van der Waals surface area contributed by atoms with Crippen molar-refractivity contribution in [3.8, 4) is 0 Å². The van der Waals surface area contributed by atoms with Crippen LogP contribution in [-0.4, -0.2) is 32.9 Å². The van der Waals surface area contributed by atoms with Crippen molar-refractivity contribution in [1.29, 1.82) is 0 Å². The van der Waals surface area contributed by atoms with Gasteiger partial charge in [0.15, 0.2) is 0 Å². The van der Waals surface area contributed by atoms with Gasteiger partial charge in [-0.05, 0) is 0 Å². The van der Waals surface area contributed by atoms with Gasteiger partial charge in [-0.25, -0.2) is 0 Å². The number of nitrogens with zero attached hydrogens (tertiary/aromatic N) is 1. The third-order valence-corrected chi connectivity index (χ3v) is 0.858. The van der Waals surface area contributed by atoms with E-state index < -0.39 is 0 Å². The van der Waals surface area contributed by atoms with E-state index in [4.69, 9.17) is 4.94 Å². The second kappa shape index (κ2) is 2.99. The van der Waals surface area contributed by atoms with Crippen LogP contribution in [0.3, 0.4) is 0 Å². The number of rotatable bonds is 3. The minimum atomic E-state index is 0.302. The molecule has 0 rings (SSSR count). The number of hydrogen-bond acceptors (Lipinski definition) is 3. The van der Waals surface area contributed by atoms with Crippen LogP contribution in [0.5, 0.6) is 0 Å². The summed E-state index contributed by atoms with van der Waals surface area (Å²) in [5.74, 6) is 0. The molecule has 4 nitrogen and oxygen atoms in total. The molecule has 0 saturated carbocycles. The molecule has 0 amide bonds. The largest absolute Gasteiger partial charge is 0.149 e. The number of hydroxylamine groups is 3. The van der Waals surface area contributed by atoms with E-state index in [-0.39, 0.29) is 0 Å². The Hall–Kier alpha value is -0.160. The van der Waals surface area contributed by atoms with Crippen molar-refractivity contribution in [3.63, 3.8) is 0 Å². The maximum Gasteiger partial charge on any atom is 0.120 e. The molecule has 0 spiro atoms. The summed E-state index contributed by atoms with van der Waals surface area (Å²) in [6.07, 6.45) is 0. The van der Waals surface area contributed by atoms with Crippen LogP contribution in [-0.2, 0) is 4.94 Å². The van der Waals surface area contributed by atoms with Crippen LogP contribution in [0.25, 0.3) is 0 Å². The highest BCUT2D eigenvalue weighted by Crippen LogP contribution is 1.84. The summed E-state index contributed by atoms with van der Waals surface area (Å²) in [6.45, 7) is 0. The van der Waals surface area contributed by atoms with E-state index in [1.807, 2.05) is 21.1 Å². The maximum atomic E-state index is 4.95. The number of nitrogens with one attached hydrogen (secondary N) is 2. The van der Waals surface area contributed by atoms with Crippen LogP contribution in [0.15, 0.2) is 0 Å². The summed E-state index contributed by atoms with van der Waals surface area (Å²) >= 11 is 0. The summed E-state index contributed by atoms with van der Waals surface area (Å²) in [7, 11) is 7.28. The van der Waals surface area contributed by atoms with E-state index in [1.54, 1.807) is 7.05 Å². The Kier molecular flexibility index (Phi) is 2.93. The van der Waals surface area contributed by atoms with Gasteiger partial charge in [-0.15, -0.1) is 10.9 Å². The van der Waals surface area contributed by atoms with E-state index in [2.05, 4.69) is 10.9 Å². The Morgan fingerprint density at radius 3 is 1.88 bits per heavy atom. The van der Waals surface area contributed by atoms with Gasteiger partial charge in [-0.2, -0.15) is 0 Å². The van der Waals surface area contributed by atoms with E-state index >= 15 is 0 Å². The van der Waals surface area contributed by atoms with Gasteiger partial charge in [0.25, 0.3) is 0 Å². The molecule has 0 aromatic rings. The first kappa shape index (κ1) is 7.84. The Morgan fingerprint density at radius 2 is 1.75 bits per heavy atom. The molecule has 0 aromatic carbocycles. The molecule has 2 N–H and O–H groups in total. The first-order valence-electron chi connectivity index (χ1n) is 2.50. The predicted octanol–water partition coefficient (Wildman–Crippen LogP) is -0.737. The molecule has 0 saturated heterocycles. The number of hydrogen-bond donors (Lipinski definition) is 2. The van der Waals surface area contributed by atoms with Crippen LogP contribution < -0.4 is 10.9 Å². The van der Waals surface area contributed by atoms with E-state index in [1.165, 1.54) is 0 Å². The van der Waals surface area contributed by atoms with E-state index in [0.717, 1.165) is 0 Å². The van der Waals surface area contributed by atoms with Gasteiger partial charge < -0.3 is 0 Å². The van der Waals surface area contributed by atoms with Gasteiger partial charge >= 0.3 is 0 Å². The topological polar surface area (TPSA) is 33.3 Å². The maximum absolute atomic E-state index is 4.95.